The molecule has 1 aliphatic carbocycles. The van der Waals surface area contributed by atoms with Crippen molar-refractivity contribution in [2.24, 2.45) is 4.99 Å². The Hall–Kier alpha value is -3.03. The summed E-state index contributed by atoms with van der Waals surface area (Å²) in [4.78, 5) is 19.9. The van der Waals surface area contributed by atoms with E-state index in [1.807, 2.05) is 19.1 Å². The summed E-state index contributed by atoms with van der Waals surface area (Å²) in [5.74, 6) is 1.46. The maximum atomic E-state index is 11.3. The van der Waals surface area contributed by atoms with Gasteiger partial charge in [0.05, 0.1) is 19.0 Å². The fraction of sp³-hybridized carbons (Fsp3) is 0.267. The van der Waals surface area contributed by atoms with Crippen molar-refractivity contribution < 1.29 is 14.3 Å². The second kappa shape index (κ2) is 5.64. The molecule has 1 aliphatic heterocycles. The minimum absolute atomic E-state index is 0.353. The van der Waals surface area contributed by atoms with Crippen LogP contribution in [0.5, 0.6) is 5.88 Å². The van der Waals surface area contributed by atoms with Gasteiger partial charge in [0.15, 0.2) is 0 Å². The van der Waals surface area contributed by atoms with Crippen LogP contribution in [-0.2, 0) is 4.74 Å². The average molecular weight is 315 g/mol. The molecule has 1 atom stereocenters. The summed E-state index contributed by atoms with van der Waals surface area (Å²) in [6.07, 6.45) is 5.34. The van der Waals surface area contributed by atoms with E-state index in [0.717, 1.165) is 5.70 Å². The number of amides is 1. The van der Waals surface area contributed by atoms with Crippen LogP contribution < -0.4 is 21.1 Å². The number of ether oxygens (including phenoxy) is 2. The zero-order valence-corrected chi connectivity index (χ0v) is 12.8. The first-order valence-corrected chi connectivity index (χ1v) is 7.02. The van der Waals surface area contributed by atoms with Crippen molar-refractivity contribution >= 4 is 17.7 Å². The number of rotatable bonds is 2. The van der Waals surface area contributed by atoms with E-state index in [4.69, 9.17) is 10.5 Å². The molecule has 8 nitrogen and oxygen atoms in total. The molecule has 0 fully saturated rings. The Bertz CT molecular complexity index is 723. The standard InChI is InChI=1S/C15H17N5O3/c1-15-6-5-10(23-12-4-3-9(16)8-17-12)7-11(15)18-13(20-15)19-14(21)22-2/h3-5,7-8H,6,16H2,1-2H3,(H2,18,19,20,21). The highest BCUT2D eigenvalue weighted by atomic mass is 16.5. The van der Waals surface area contributed by atoms with E-state index < -0.39 is 11.6 Å². The number of nitrogens with two attached hydrogens (primary N) is 1. The molecule has 1 aromatic rings. The Kier molecular flexibility index (Phi) is 3.65. The predicted molar refractivity (Wildman–Crippen MR) is 84.6 cm³/mol. The normalized spacial score (nSPS) is 22.1. The Morgan fingerprint density at radius 2 is 2.30 bits per heavy atom. The van der Waals surface area contributed by atoms with Crippen molar-refractivity contribution in [1.82, 2.24) is 15.6 Å². The molecular formula is C15H17N5O3. The van der Waals surface area contributed by atoms with Gasteiger partial charge >= 0.3 is 6.09 Å². The van der Waals surface area contributed by atoms with Crippen molar-refractivity contribution in [2.45, 2.75) is 18.9 Å². The highest BCUT2D eigenvalue weighted by molar-refractivity contribution is 5.97. The number of aliphatic imine (C=N–C) groups is 1. The van der Waals surface area contributed by atoms with Gasteiger partial charge in [0.25, 0.3) is 0 Å². The number of allylic oxidation sites excluding steroid dienone is 1. The highest BCUT2D eigenvalue weighted by Gasteiger charge is 2.37. The fourth-order valence-corrected chi connectivity index (χ4v) is 2.30. The second-order valence-corrected chi connectivity index (χ2v) is 5.38. The number of nitrogens with one attached hydrogen (secondary N) is 2. The lowest BCUT2D eigenvalue weighted by molar-refractivity contribution is 0.176. The zero-order chi connectivity index (χ0) is 16.4. The van der Waals surface area contributed by atoms with E-state index in [1.165, 1.54) is 13.3 Å². The number of nitrogen functional groups attached to an aromatic ring is 1. The minimum atomic E-state index is -0.574. The van der Waals surface area contributed by atoms with Crippen molar-refractivity contribution in [1.29, 1.82) is 0 Å². The summed E-state index contributed by atoms with van der Waals surface area (Å²) in [6, 6.07) is 3.42. The molecule has 8 heteroatoms. The average Bonchev–Trinajstić information content (AvgIpc) is 2.85. The molecule has 120 valence electrons. The molecule has 1 unspecified atom stereocenters. The third kappa shape index (κ3) is 3.10. The number of anilines is 1. The van der Waals surface area contributed by atoms with Crippen LogP contribution in [0.3, 0.4) is 0 Å². The van der Waals surface area contributed by atoms with Gasteiger partial charge in [0.2, 0.25) is 11.8 Å². The second-order valence-electron chi connectivity index (χ2n) is 5.38. The summed E-state index contributed by atoms with van der Waals surface area (Å²) in [5, 5.41) is 5.59. The first-order valence-electron chi connectivity index (χ1n) is 7.02. The van der Waals surface area contributed by atoms with Crippen molar-refractivity contribution in [3.05, 3.63) is 41.9 Å². The number of aromatic nitrogens is 1. The van der Waals surface area contributed by atoms with E-state index >= 15 is 0 Å². The molecule has 2 heterocycles. The smallest absolute Gasteiger partial charge is 0.413 e. The Balaban J connectivity index is 1.72. The quantitative estimate of drug-likeness (QED) is 0.758. The lowest BCUT2D eigenvalue weighted by Gasteiger charge is -2.24. The third-order valence-electron chi connectivity index (χ3n) is 3.57. The van der Waals surface area contributed by atoms with E-state index in [1.54, 1.807) is 12.1 Å². The maximum absolute atomic E-state index is 11.3. The van der Waals surface area contributed by atoms with Crippen LogP contribution in [0.4, 0.5) is 10.5 Å². The monoisotopic (exact) mass is 315 g/mol. The molecular weight excluding hydrogens is 298 g/mol. The molecule has 3 rings (SSSR count). The first-order chi connectivity index (χ1) is 11.0. The van der Waals surface area contributed by atoms with E-state index in [2.05, 4.69) is 25.3 Å². The molecule has 1 aromatic heterocycles. The summed E-state index contributed by atoms with van der Waals surface area (Å²) < 4.78 is 10.3. The molecule has 0 spiro atoms. The van der Waals surface area contributed by atoms with Crippen molar-refractivity contribution in [3.8, 4) is 5.88 Å². The SMILES string of the molecule is COC(=O)NC1=NC2(C)CC=C(Oc3ccc(N)cn3)C=C2N1. The lowest BCUT2D eigenvalue weighted by Crippen LogP contribution is -2.38. The lowest BCUT2D eigenvalue weighted by atomic mass is 9.91. The van der Waals surface area contributed by atoms with Gasteiger partial charge < -0.3 is 20.5 Å². The molecule has 1 amide bonds. The number of carbonyl (C=O) groups excluding carboxylic acids is 1. The number of hydrogen-bond donors (Lipinski definition) is 3. The van der Waals surface area contributed by atoms with Gasteiger partial charge in [-0.15, -0.1) is 0 Å². The number of guanidine groups is 1. The molecule has 4 N–H and O–H groups in total. The first kappa shape index (κ1) is 14.9. The van der Waals surface area contributed by atoms with Gasteiger partial charge in [-0.1, -0.05) is 0 Å². The topological polar surface area (TPSA) is 111 Å². The van der Waals surface area contributed by atoms with E-state index in [0.29, 0.717) is 29.7 Å². The summed E-state index contributed by atoms with van der Waals surface area (Å²) in [5.41, 5.74) is 6.54. The van der Waals surface area contributed by atoms with E-state index in [-0.39, 0.29) is 0 Å². The Morgan fingerprint density at radius 1 is 1.48 bits per heavy atom. The largest absolute Gasteiger partial charge is 0.453 e. The number of pyridine rings is 1. The maximum Gasteiger partial charge on any atom is 0.413 e. The van der Waals surface area contributed by atoms with Gasteiger partial charge in [-0.05, 0) is 25.5 Å². The molecule has 0 radical (unpaired) electrons. The van der Waals surface area contributed by atoms with Crippen LogP contribution in [0, 0.1) is 0 Å². The summed E-state index contributed by atoms with van der Waals surface area (Å²) in [7, 11) is 1.30. The number of methoxy groups -OCH3 is 1. The van der Waals surface area contributed by atoms with Gasteiger partial charge in [-0.3, -0.25) is 5.32 Å². The van der Waals surface area contributed by atoms with Crippen LogP contribution in [0.2, 0.25) is 0 Å². The predicted octanol–water partition coefficient (Wildman–Crippen LogP) is 1.29. The summed E-state index contributed by atoms with van der Waals surface area (Å²) in [6.45, 7) is 1.96. The molecule has 23 heavy (non-hydrogen) atoms. The van der Waals surface area contributed by atoms with Crippen LogP contribution in [-0.4, -0.2) is 29.7 Å². The van der Waals surface area contributed by atoms with Crippen molar-refractivity contribution in [3.63, 3.8) is 0 Å². The number of fused-ring (bicyclic) bond motifs is 1. The highest BCUT2D eigenvalue weighted by Crippen LogP contribution is 2.33. The Labute approximate surface area is 133 Å². The van der Waals surface area contributed by atoms with Crippen LogP contribution in [0.1, 0.15) is 13.3 Å². The van der Waals surface area contributed by atoms with Crippen LogP contribution in [0.15, 0.2) is 46.9 Å². The van der Waals surface area contributed by atoms with Gasteiger partial charge in [0, 0.05) is 17.8 Å². The number of hydrogen-bond acceptors (Lipinski definition) is 7. The summed E-state index contributed by atoms with van der Waals surface area (Å²) >= 11 is 0. The Morgan fingerprint density at radius 3 is 3.00 bits per heavy atom. The van der Waals surface area contributed by atoms with Crippen molar-refractivity contribution in [2.75, 3.05) is 12.8 Å². The number of nitrogens with zero attached hydrogens (tertiary/aromatic N) is 2. The molecule has 0 saturated heterocycles. The molecule has 2 aliphatic rings. The number of alkyl carbamates (subject to hydrolysis) is 1. The van der Waals surface area contributed by atoms with Gasteiger partial charge in [-0.25, -0.2) is 14.8 Å². The number of carbonyl (C=O) groups is 1. The van der Waals surface area contributed by atoms with Crippen LogP contribution in [0.25, 0.3) is 0 Å². The molecule has 0 saturated carbocycles. The fourth-order valence-electron chi connectivity index (χ4n) is 2.30. The van der Waals surface area contributed by atoms with Gasteiger partial charge in [-0.2, -0.15) is 0 Å². The third-order valence-corrected chi connectivity index (χ3v) is 3.57. The minimum Gasteiger partial charge on any atom is -0.453 e. The van der Waals surface area contributed by atoms with Crippen LogP contribution >= 0.6 is 0 Å². The molecule has 0 aromatic carbocycles. The zero-order valence-electron chi connectivity index (χ0n) is 12.8. The van der Waals surface area contributed by atoms with Gasteiger partial charge in [0.1, 0.15) is 11.3 Å². The molecule has 0 bridgehead atoms. The van der Waals surface area contributed by atoms with E-state index in [9.17, 15) is 4.79 Å².